The smallest absolute Gasteiger partial charge is 0.410 e. The second kappa shape index (κ2) is 9.56. The first-order valence-corrected chi connectivity index (χ1v) is 12.4. The van der Waals surface area contributed by atoms with Crippen molar-refractivity contribution in [3.63, 3.8) is 0 Å². The van der Waals surface area contributed by atoms with Crippen LogP contribution in [0.1, 0.15) is 52.9 Å². The van der Waals surface area contributed by atoms with Gasteiger partial charge in [-0.25, -0.2) is 13.2 Å². The summed E-state index contributed by atoms with van der Waals surface area (Å²) in [6, 6.07) is 6.44. The summed E-state index contributed by atoms with van der Waals surface area (Å²) in [6.07, 6.45) is 3.51. The third-order valence-electron chi connectivity index (χ3n) is 5.57. The lowest BCUT2D eigenvalue weighted by Crippen LogP contribution is -2.43. The summed E-state index contributed by atoms with van der Waals surface area (Å²) in [4.78, 5) is 26.7. The van der Waals surface area contributed by atoms with Crippen LogP contribution in [0.15, 0.2) is 29.2 Å². The molecule has 8 nitrogen and oxygen atoms in total. The van der Waals surface area contributed by atoms with Crippen molar-refractivity contribution in [2.24, 2.45) is 5.92 Å². The molecule has 2 aliphatic rings. The zero-order valence-electron chi connectivity index (χ0n) is 18.6. The Balaban J connectivity index is 1.58. The molecule has 2 amide bonds. The van der Waals surface area contributed by atoms with E-state index in [1.165, 1.54) is 10.4 Å². The lowest BCUT2D eigenvalue weighted by Gasteiger charge is -2.33. The van der Waals surface area contributed by atoms with E-state index in [9.17, 15) is 18.0 Å². The van der Waals surface area contributed by atoms with Gasteiger partial charge in [-0.15, -0.1) is 0 Å². The Bertz CT molecular complexity index is 896. The average molecular weight is 452 g/mol. The van der Waals surface area contributed by atoms with Crippen molar-refractivity contribution in [3.05, 3.63) is 24.3 Å². The summed E-state index contributed by atoms with van der Waals surface area (Å²) in [6.45, 7) is 7.46. The standard InChI is InChI=1S/C22H33N3O5S/c1-22(2,3)30-21(27)24-14-10-17(11-15-24)20(26)23-18-8-7-9-19(16-18)31(28,29)25-12-5-4-6-13-25/h7-9,16-17H,4-6,10-15H2,1-3H3,(H,23,26). The van der Waals surface area contributed by atoms with Crippen LogP contribution in [0, 0.1) is 5.92 Å². The third kappa shape index (κ3) is 6.20. The number of hydrogen-bond acceptors (Lipinski definition) is 5. The summed E-state index contributed by atoms with van der Waals surface area (Å²) in [5.41, 5.74) is -0.0807. The van der Waals surface area contributed by atoms with Crippen molar-refractivity contribution in [2.45, 2.75) is 63.4 Å². The third-order valence-corrected chi connectivity index (χ3v) is 7.47. The number of rotatable bonds is 4. The van der Waals surface area contributed by atoms with Gasteiger partial charge in [0.15, 0.2) is 0 Å². The minimum Gasteiger partial charge on any atom is -0.444 e. The van der Waals surface area contributed by atoms with Crippen LogP contribution in [0.4, 0.5) is 10.5 Å². The molecule has 0 spiro atoms. The Kier molecular flexibility index (Phi) is 7.26. The zero-order chi connectivity index (χ0) is 22.6. The van der Waals surface area contributed by atoms with E-state index in [0.29, 0.717) is 44.7 Å². The molecule has 3 rings (SSSR count). The van der Waals surface area contributed by atoms with E-state index in [1.807, 2.05) is 20.8 Å². The van der Waals surface area contributed by atoms with Crippen molar-refractivity contribution >= 4 is 27.7 Å². The lowest BCUT2D eigenvalue weighted by molar-refractivity contribution is -0.121. The molecule has 0 saturated carbocycles. The maximum absolute atomic E-state index is 12.9. The van der Waals surface area contributed by atoms with E-state index in [4.69, 9.17) is 4.74 Å². The first-order chi connectivity index (χ1) is 14.6. The van der Waals surface area contributed by atoms with Crippen LogP contribution in [0.3, 0.4) is 0 Å². The van der Waals surface area contributed by atoms with Crippen LogP contribution < -0.4 is 5.32 Å². The van der Waals surface area contributed by atoms with Crippen molar-refractivity contribution in [1.82, 2.24) is 9.21 Å². The fourth-order valence-corrected chi connectivity index (χ4v) is 5.45. The van der Waals surface area contributed by atoms with Gasteiger partial charge in [-0.2, -0.15) is 4.31 Å². The van der Waals surface area contributed by atoms with Gasteiger partial charge in [-0.05, 0) is 64.7 Å². The molecular formula is C22H33N3O5S. The summed E-state index contributed by atoms with van der Waals surface area (Å²) in [5.74, 6) is -0.391. The predicted molar refractivity (Wildman–Crippen MR) is 118 cm³/mol. The van der Waals surface area contributed by atoms with E-state index >= 15 is 0 Å². The number of carbonyl (C=O) groups excluding carboxylic acids is 2. The number of hydrogen-bond donors (Lipinski definition) is 1. The minimum absolute atomic E-state index is 0.156. The number of piperidine rings is 2. The number of likely N-dealkylation sites (tertiary alicyclic amines) is 1. The normalized spacial score (nSPS) is 19.1. The first kappa shape index (κ1) is 23.5. The average Bonchev–Trinajstić information content (AvgIpc) is 2.73. The van der Waals surface area contributed by atoms with E-state index in [-0.39, 0.29) is 22.8 Å². The Hall–Kier alpha value is -2.13. The topological polar surface area (TPSA) is 96.0 Å². The Morgan fingerprint density at radius 2 is 1.68 bits per heavy atom. The molecule has 2 fully saturated rings. The number of nitrogens with zero attached hydrogens (tertiary/aromatic N) is 2. The van der Waals surface area contributed by atoms with Crippen molar-refractivity contribution in [2.75, 3.05) is 31.5 Å². The first-order valence-electron chi connectivity index (χ1n) is 11.0. The monoisotopic (exact) mass is 451 g/mol. The molecule has 172 valence electrons. The number of anilines is 1. The fraction of sp³-hybridized carbons (Fsp3) is 0.636. The summed E-state index contributed by atoms with van der Waals surface area (Å²) < 4.78 is 32.7. The van der Waals surface area contributed by atoms with Gasteiger partial charge in [-0.3, -0.25) is 4.79 Å². The maximum Gasteiger partial charge on any atom is 0.410 e. The van der Waals surface area contributed by atoms with E-state index in [1.54, 1.807) is 23.1 Å². The molecule has 0 aromatic heterocycles. The second-order valence-electron chi connectivity index (χ2n) is 9.22. The van der Waals surface area contributed by atoms with Crippen LogP contribution in [0.2, 0.25) is 0 Å². The number of ether oxygens (including phenoxy) is 1. The molecule has 0 radical (unpaired) electrons. The largest absolute Gasteiger partial charge is 0.444 e. The van der Waals surface area contributed by atoms with Gasteiger partial charge in [0.05, 0.1) is 4.90 Å². The number of sulfonamides is 1. The van der Waals surface area contributed by atoms with Gasteiger partial charge in [0.25, 0.3) is 0 Å². The van der Waals surface area contributed by atoms with Crippen LogP contribution in [-0.2, 0) is 19.6 Å². The van der Waals surface area contributed by atoms with Gasteiger partial charge < -0.3 is 15.0 Å². The zero-order valence-corrected chi connectivity index (χ0v) is 19.4. The lowest BCUT2D eigenvalue weighted by atomic mass is 9.96. The molecular weight excluding hydrogens is 418 g/mol. The molecule has 9 heteroatoms. The van der Waals surface area contributed by atoms with Crippen molar-refractivity contribution in [3.8, 4) is 0 Å². The Labute approximate surface area is 185 Å². The van der Waals surface area contributed by atoms with Crippen LogP contribution >= 0.6 is 0 Å². The van der Waals surface area contributed by atoms with Gasteiger partial charge in [-0.1, -0.05) is 12.5 Å². The molecule has 1 aromatic rings. The van der Waals surface area contributed by atoms with Crippen LogP contribution in [-0.4, -0.2) is 61.4 Å². The molecule has 1 N–H and O–H groups in total. The molecule has 2 aliphatic heterocycles. The molecule has 1 aromatic carbocycles. The van der Waals surface area contributed by atoms with E-state index < -0.39 is 15.6 Å². The number of amides is 2. The SMILES string of the molecule is CC(C)(C)OC(=O)N1CCC(C(=O)Nc2cccc(S(=O)(=O)N3CCCCC3)c2)CC1. The van der Waals surface area contributed by atoms with Gasteiger partial charge in [0.2, 0.25) is 15.9 Å². The number of carbonyl (C=O) groups is 2. The molecule has 0 aliphatic carbocycles. The Morgan fingerprint density at radius 3 is 2.29 bits per heavy atom. The highest BCUT2D eigenvalue weighted by Gasteiger charge is 2.30. The van der Waals surface area contributed by atoms with Crippen LogP contribution in [0.25, 0.3) is 0 Å². The van der Waals surface area contributed by atoms with E-state index in [2.05, 4.69) is 5.32 Å². The quantitative estimate of drug-likeness (QED) is 0.756. The summed E-state index contributed by atoms with van der Waals surface area (Å²) >= 11 is 0. The number of benzene rings is 1. The highest BCUT2D eigenvalue weighted by molar-refractivity contribution is 7.89. The van der Waals surface area contributed by atoms with Crippen molar-refractivity contribution in [1.29, 1.82) is 0 Å². The molecule has 0 unspecified atom stereocenters. The second-order valence-corrected chi connectivity index (χ2v) is 11.2. The highest BCUT2D eigenvalue weighted by atomic mass is 32.2. The van der Waals surface area contributed by atoms with Gasteiger partial charge in [0.1, 0.15) is 5.60 Å². The van der Waals surface area contributed by atoms with Crippen molar-refractivity contribution < 1.29 is 22.7 Å². The molecule has 31 heavy (non-hydrogen) atoms. The summed E-state index contributed by atoms with van der Waals surface area (Å²) in [5, 5.41) is 2.85. The molecule has 2 saturated heterocycles. The molecule has 2 heterocycles. The van der Waals surface area contributed by atoms with Gasteiger partial charge >= 0.3 is 6.09 Å². The maximum atomic E-state index is 12.9. The summed E-state index contributed by atoms with van der Waals surface area (Å²) in [7, 11) is -3.55. The minimum atomic E-state index is -3.55. The van der Waals surface area contributed by atoms with Gasteiger partial charge in [0, 0.05) is 37.8 Å². The van der Waals surface area contributed by atoms with Crippen LogP contribution in [0.5, 0.6) is 0 Å². The van der Waals surface area contributed by atoms with E-state index in [0.717, 1.165) is 19.3 Å². The fourth-order valence-electron chi connectivity index (χ4n) is 3.88. The predicted octanol–water partition coefficient (Wildman–Crippen LogP) is 3.45. The Morgan fingerprint density at radius 1 is 1.03 bits per heavy atom. The molecule has 0 atom stereocenters. The number of nitrogens with one attached hydrogen (secondary N) is 1. The molecule has 0 bridgehead atoms. The highest BCUT2D eigenvalue weighted by Crippen LogP contribution is 2.25.